The van der Waals surface area contributed by atoms with E-state index in [4.69, 9.17) is 4.74 Å². The molecule has 0 aliphatic heterocycles. The lowest BCUT2D eigenvalue weighted by Crippen LogP contribution is -2.11. The number of aromatic amines is 1. The molecule has 0 fully saturated rings. The number of hydrogen-bond donors (Lipinski definition) is 1. The number of H-pyrrole nitrogens is 1. The number of hydrogen-bond acceptors (Lipinski definition) is 3. The lowest BCUT2D eigenvalue weighted by atomic mass is 10.0. The number of fused-ring (bicyclic) bond motifs is 1. The van der Waals surface area contributed by atoms with Crippen LogP contribution < -0.4 is 10.3 Å². The van der Waals surface area contributed by atoms with E-state index in [0.717, 1.165) is 22.4 Å². The molecule has 1 aromatic heterocycles. The second-order valence-corrected chi connectivity index (χ2v) is 4.80. The third kappa shape index (κ3) is 2.79. The summed E-state index contributed by atoms with van der Waals surface area (Å²) >= 11 is 0. The number of rotatable bonds is 4. The van der Waals surface area contributed by atoms with Gasteiger partial charge < -0.3 is 4.74 Å². The normalized spacial score (nSPS) is 10.7. The Hall–Kier alpha value is -2.62. The highest BCUT2D eigenvalue weighted by Gasteiger charge is 2.07. The summed E-state index contributed by atoms with van der Waals surface area (Å²) in [5.74, 6) is 0.851. The number of benzene rings is 2. The van der Waals surface area contributed by atoms with E-state index in [0.29, 0.717) is 18.4 Å². The van der Waals surface area contributed by atoms with Crippen molar-refractivity contribution in [3.05, 3.63) is 70.1 Å². The molecule has 0 atom stereocenters. The summed E-state index contributed by atoms with van der Waals surface area (Å²) < 4.78 is 5.51. The van der Waals surface area contributed by atoms with E-state index in [1.807, 2.05) is 55.5 Å². The van der Waals surface area contributed by atoms with E-state index < -0.39 is 0 Å². The van der Waals surface area contributed by atoms with Crippen molar-refractivity contribution in [3.63, 3.8) is 0 Å². The molecule has 0 aliphatic rings. The Balaban J connectivity index is 2.00. The Morgan fingerprint density at radius 2 is 1.90 bits per heavy atom. The van der Waals surface area contributed by atoms with Crippen molar-refractivity contribution < 1.29 is 4.74 Å². The van der Waals surface area contributed by atoms with Gasteiger partial charge in [-0.2, -0.15) is 5.10 Å². The number of nitrogens with zero attached hydrogens (tertiary/aromatic N) is 1. The van der Waals surface area contributed by atoms with Gasteiger partial charge in [-0.3, -0.25) is 4.79 Å². The van der Waals surface area contributed by atoms with Gasteiger partial charge in [-0.15, -0.1) is 0 Å². The molecule has 21 heavy (non-hydrogen) atoms. The summed E-state index contributed by atoms with van der Waals surface area (Å²) in [7, 11) is 0. The van der Waals surface area contributed by atoms with Crippen LogP contribution in [-0.2, 0) is 6.42 Å². The van der Waals surface area contributed by atoms with E-state index >= 15 is 0 Å². The molecule has 4 heteroatoms. The molecule has 0 bridgehead atoms. The molecular formula is C17H16N2O2. The summed E-state index contributed by atoms with van der Waals surface area (Å²) in [6.07, 6.45) is 0.651. The summed E-state index contributed by atoms with van der Waals surface area (Å²) in [6, 6.07) is 15.5. The minimum absolute atomic E-state index is 0.155. The zero-order valence-electron chi connectivity index (χ0n) is 11.8. The molecule has 0 unspecified atom stereocenters. The SMILES string of the molecule is CCOc1cccc(Cc2n[nH]c(=O)c3ccccc23)c1. The van der Waals surface area contributed by atoms with E-state index in [2.05, 4.69) is 10.2 Å². The predicted octanol–water partition coefficient (Wildman–Crippen LogP) is 2.91. The topological polar surface area (TPSA) is 55.0 Å². The minimum atomic E-state index is -0.155. The van der Waals surface area contributed by atoms with E-state index in [1.165, 1.54) is 0 Å². The molecule has 0 saturated heterocycles. The maximum atomic E-state index is 11.8. The molecule has 0 radical (unpaired) electrons. The molecule has 3 aromatic rings. The van der Waals surface area contributed by atoms with Crippen LogP contribution in [0, 0.1) is 0 Å². The van der Waals surface area contributed by atoms with Crippen LogP contribution in [-0.4, -0.2) is 16.8 Å². The molecular weight excluding hydrogens is 264 g/mol. The molecule has 0 amide bonds. The van der Waals surface area contributed by atoms with Crippen LogP contribution >= 0.6 is 0 Å². The molecule has 0 spiro atoms. The molecule has 106 valence electrons. The summed E-state index contributed by atoms with van der Waals surface area (Å²) in [5, 5.41) is 8.33. The molecule has 0 saturated carbocycles. The Kier molecular flexibility index (Phi) is 3.69. The molecule has 2 aromatic carbocycles. The van der Waals surface area contributed by atoms with Gasteiger partial charge in [0.05, 0.1) is 17.7 Å². The zero-order valence-corrected chi connectivity index (χ0v) is 11.8. The fourth-order valence-electron chi connectivity index (χ4n) is 2.41. The lowest BCUT2D eigenvalue weighted by molar-refractivity contribution is 0.340. The van der Waals surface area contributed by atoms with Crippen LogP contribution in [0.1, 0.15) is 18.2 Å². The van der Waals surface area contributed by atoms with Crippen LogP contribution in [0.4, 0.5) is 0 Å². The second-order valence-electron chi connectivity index (χ2n) is 4.80. The van der Waals surface area contributed by atoms with Gasteiger partial charge in [0.1, 0.15) is 5.75 Å². The molecule has 4 nitrogen and oxygen atoms in total. The van der Waals surface area contributed by atoms with Crippen molar-refractivity contribution in [1.29, 1.82) is 0 Å². The van der Waals surface area contributed by atoms with Crippen molar-refractivity contribution in [1.82, 2.24) is 10.2 Å². The highest BCUT2D eigenvalue weighted by atomic mass is 16.5. The minimum Gasteiger partial charge on any atom is -0.494 e. The van der Waals surface area contributed by atoms with Gasteiger partial charge >= 0.3 is 0 Å². The molecule has 1 N–H and O–H groups in total. The molecule has 0 aliphatic carbocycles. The van der Waals surface area contributed by atoms with Gasteiger partial charge in [0.15, 0.2) is 0 Å². The highest BCUT2D eigenvalue weighted by molar-refractivity contribution is 5.83. The van der Waals surface area contributed by atoms with Crippen molar-refractivity contribution in [2.24, 2.45) is 0 Å². The summed E-state index contributed by atoms with van der Waals surface area (Å²) in [5.41, 5.74) is 1.81. The van der Waals surface area contributed by atoms with Gasteiger partial charge in [0, 0.05) is 11.8 Å². The first kappa shape index (κ1) is 13.4. The first-order valence-electron chi connectivity index (χ1n) is 6.96. The van der Waals surface area contributed by atoms with Crippen molar-refractivity contribution in [2.45, 2.75) is 13.3 Å². The maximum Gasteiger partial charge on any atom is 0.272 e. The van der Waals surface area contributed by atoms with E-state index in [9.17, 15) is 4.79 Å². The van der Waals surface area contributed by atoms with E-state index in [-0.39, 0.29) is 5.56 Å². The van der Waals surface area contributed by atoms with Crippen molar-refractivity contribution in [3.8, 4) is 5.75 Å². The van der Waals surface area contributed by atoms with Gasteiger partial charge in [-0.05, 0) is 30.7 Å². The van der Waals surface area contributed by atoms with Gasteiger partial charge in [0.2, 0.25) is 0 Å². The number of nitrogens with one attached hydrogen (secondary N) is 1. The Bertz CT molecular complexity index is 824. The fraction of sp³-hybridized carbons (Fsp3) is 0.176. The van der Waals surface area contributed by atoms with Crippen molar-refractivity contribution >= 4 is 10.8 Å². The Morgan fingerprint density at radius 3 is 2.71 bits per heavy atom. The second kappa shape index (κ2) is 5.79. The standard InChI is InChI=1S/C17H16N2O2/c1-2-21-13-7-5-6-12(10-13)11-16-14-8-3-4-9-15(14)17(20)19-18-16/h3-10H,2,11H2,1H3,(H,19,20). The van der Waals surface area contributed by atoms with E-state index in [1.54, 1.807) is 0 Å². The first-order valence-corrected chi connectivity index (χ1v) is 6.96. The van der Waals surface area contributed by atoms with Gasteiger partial charge in [0.25, 0.3) is 5.56 Å². The average Bonchev–Trinajstić information content (AvgIpc) is 2.51. The van der Waals surface area contributed by atoms with Crippen LogP contribution in [0.15, 0.2) is 53.3 Å². The van der Waals surface area contributed by atoms with Crippen LogP contribution in [0.3, 0.4) is 0 Å². The Morgan fingerprint density at radius 1 is 1.10 bits per heavy atom. The van der Waals surface area contributed by atoms with Gasteiger partial charge in [-0.1, -0.05) is 30.3 Å². The van der Waals surface area contributed by atoms with Crippen LogP contribution in [0.25, 0.3) is 10.8 Å². The first-order chi connectivity index (χ1) is 10.3. The maximum absolute atomic E-state index is 11.8. The number of aromatic nitrogens is 2. The molecule has 3 rings (SSSR count). The van der Waals surface area contributed by atoms with Gasteiger partial charge in [-0.25, -0.2) is 5.10 Å². The summed E-state index contributed by atoms with van der Waals surface area (Å²) in [6.45, 7) is 2.60. The highest BCUT2D eigenvalue weighted by Crippen LogP contribution is 2.19. The Labute approximate surface area is 122 Å². The predicted molar refractivity (Wildman–Crippen MR) is 82.8 cm³/mol. The number of ether oxygens (including phenoxy) is 1. The fourth-order valence-corrected chi connectivity index (χ4v) is 2.41. The van der Waals surface area contributed by atoms with Crippen LogP contribution in [0.5, 0.6) is 5.75 Å². The van der Waals surface area contributed by atoms with Crippen LogP contribution in [0.2, 0.25) is 0 Å². The quantitative estimate of drug-likeness (QED) is 0.799. The largest absolute Gasteiger partial charge is 0.494 e. The summed E-state index contributed by atoms with van der Waals surface area (Å²) in [4.78, 5) is 11.8. The van der Waals surface area contributed by atoms with Crippen molar-refractivity contribution in [2.75, 3.05) is 6.61 Å². The average molecular weight is 280 g/mol. The molecule has 1 heterocycles. The zero-order chi connectivity index (χ0) is 14.7. The lowest BCUT2D eigenvalue weighted by Gasteiger charge is -2.07. The third-order valence-electron chi connectivity index (χ3n) is 3.36. The third-order valence-corrected chi connectivity index (χ3v) is 3.36. The smallest absolute Gasteiger partial charge is 0.272 e. The monoisotopic (exact) mass is 280 g/mol.